The van der Waals surface area contributed by atoms with E-state index in [2.05, 4.69) is 9.38 Å². The van der Waals surface area contributed by atoms with E-state index in [0.717, 1.165) is 29.2 Å². The van der Waals surface area contributed by atoms with E-state index in [0.29, 0.717) is 13.2 Å². The molecule has 4 heteroatoms. The van der Waals surface area contributed by atoms with Gasteiger partial charge in [-0.1, -0.05) is 24.3 Å². The van der Waals surface area contributed by atoms with Crippen molar-refractivity contribution >= 4 is 5.52 Å². The molecule has 3 rings (SSSR count). The molecule has 0 saturated carbocycles. The molecule has 0 bridgehead atoms. The molecule has 0 aliphatic heterocycles. The van der Waals surface area contributed by atoms with Crippen LogP contribution in [0.3, 0.4) is 0 Å². The van der Waals surface area contributed by atoms with Crippen LogP contribution in [0.2, 0.25) is 0 Å². The van der Waals surface area contributed by atoms with Gasteiger partial charge in [0.2, 0.25) is 0 Å². The van der Waals surface area contributed by atoms with Crippen molar-refractivity contribution < 1.29 is 4.74 Å². The lowest BCUT2D eigenvalue weighted by atomic mass is 10.3. The first-order valence-electron chi connectivity index (χ1n) is 6.71. The van der Waals surface area contributed by atoms with E-state index >= 15 is 0 Å². The Bertz CT molecular complexity index is 691. The molecule has 102 valence electrons. The number of nitrogens with two attached hydrogens (primary N) is 1. The summed E-state index contributed by atoms with van der Waals surface area (Å²) in [5.74, 6) is 1.87. The van der Waals surface area contributed by atoms with E-state index in [1.54, 1.807) is 0 Å². The second-order valence-corrected chi connectivity index (χ2v) is 4.55. The van der Waals surface area contributed by atoms with Gasteiger partial charge in [0, 0.05) is 19.2 Å². The Balaban J connectivity index is 1.74. The minimum atomic E-state index is 0.451. The molecule has 0 aliphatic rings. The summed E-state index contributed by atoms with van der Waals surface area (Å²) in [6.07, 6.45) is 2.76. The van der Waals surface area contributed by atoms with Gasteiger partial charge in [-0.25, -0.2) is 4.98 Å². The molecule has 2 heterocycles. The maximum absolute atomic E-state index is 5.74. The Morgan fingerprint density at radius 1 is 1.05 bits per heavy atom. The van der Waals surface area contributed by atoms with Gasteiger partial charge in [-0.2, -0.15) is 0 Å². The summed E-state index contributed by atoms with van der Waals surface area (Å²) >= 11 is 0. The number of ether oxygens (including phenoxy) is 1. The molecule has 2 N–H and O–H groups in total. The Morgan fingerprint density at radius 2 is 1.85 bits per heavy atom. The average Bonchev–Trinajstić information content (AvgIpc) is 2.87. The molecule has 0 aliphatic carbocycles. The Hall–Kier alpha value is -2.33. The van der Waals surface area contributed by atoms with Crippen LogP contribution < -0.4 is 10.5 Å². The van der Waals surface area contributed by atoms with Gasteiger partial charge < -0.3 is 14.9 Å². The van der Waals surface area contributed by atoms with Crippen molar-refractivity contribution in [1.29, 1.82) is 0 Å². The van der Waals surface area contributed by atoms with Crippen LogP contribution in [0.4, 0.5) is 0 Å². The van der Waals surface area contributed by atoms with Crippen LogP contribution >= 0.6 is 0 Å². The van der Waals surface area contributed by atoms with Crippen molar-refractivity contribution in [3.63, 3.8) is 0 Å². The maximum atomic E-state index is 5.74. The van der Waals surface area contributed by atoms with Gasteiger partial charge in [0.15, 0.2) is 0 Å². The summed E-state index contributed by atoms with van der Waals surface area (Å²) in [7, 11) is 0. The van der Waals surface area contributed by atoms with Gasteiger partial charge in [-0.15, -0.1) is 0 Å². The highest BCUT2D eigenvalue weighted by molar-refractivity contribution is 5.53. The molecule has 20 heavy (non-hydrogen) atoms. The molecule has 3 aromatic rings. The minimum absolute atomic E-state index is 0.451. The number of para-hydroxylation sites is 1. The molecular formula is C16H17N3O. The fourth-order valence-electron chi connectivity index (χ4n) is 2.27. The van der Waals surface area contributed by atoms with Crippen LogP contribution in [0.1, 0.15) is 11.5 Å². The first-order chi connectivity index (χ1) is 9.88. The molecular weight excluding hydrogens is 250 g/mol. The van der Waals surface area contributed by atoms with E-state index < -0.39 is 0 Å². The molecule has 0 unspecified atom stereocenters. The van der Waals surface area contributed by atoms with Crippen LogP contribution in [-0.2, 0) is 13.0 Å². The molecule has 0 atom stereocenters. The summed E-state index contributed by atoms with van der Waals surface area (Å²) in [5, 5.41) is 0. The van der Waals surface area contributed by atoms with E-state index in [4.69, 9.17) is 10.5 Å². The smallest absolute Gasteiger partial charge is 0.119 e. The van der Waals surface area contributed by atoms with Crippen LogP contribution in [0.15, 0.2) is 54.7 Å². The zero-order chi connectivity index (χ0) is 13.8. The number of nitrogens with zero attached hydrogens (tertiary/aromatic N) is 2. The number of hydrogen-bond donors (Lipinski definition) is 1. The summed E-state index contributed by atoms with van der Waals surface area (Å²) in [5.41, 5.74) is 7.75. The predicted octanol–water partition coefficient (Wildman–Crippen LogP) is 2.41. The zero-order valence-corrected chi connectivity index (χ0v) is 11.2. The maximum Gasteiger partial charge on any atom is 0.119 e. The second kappa shape index (κ2) is 5.75. The Morgan fingerprint density at radius 3 is 2.65 bits per heavy atom. The van der Waals surface area contributed by atoms with Crippen LogP contribution in [0.25, 0.3) is 5.52 Å². The highest BCUT2D eigenvalue weighted by Gasteiger charge is 2.09. The third-order valence-electron chi connectivity index (χ3n) is 3.23. The van der Waals surface area contributed by atoms with Gasteiger partial charge >= 0.3 is 0 Å². The number of imidazole rings is 1. The van der Waals surface area contributed by atoms with Gasteiger partial charge in [0.1, 0.15) is 11.6 Å². The SMILES string of the molecule is NCc1nc(CCOc2ccccc2)n2ccccc12. The third-order valence-corrected chi connectivity index (χ3v) is 3.23. The monoisotopic (exact) mass is 267 g/mol. The molecule has 4 nitrogen and oxygen atoms in total. The van der Waals surface area contributed by atoms with Crippen molar-refractivity contribution in [2.45, 2.75) is 13.0 Å². The summed E-state index contributed by atoms with van der Waals surface area (Å²) < 4.78 is 7.80. The predicted molar refractivity (Wildman–Crippen MR) is 78.7 cm³/mol. The Labute approximate surface area is 117 Å². The third kappa shape index (κ3) is 2.51. The quantitative estimate of drug-likeness (QED) is 0.772. The fraction of sp³-hybridized carbons (Fsp3) is 0.188. The summed E-state index contributed by atoms with van der Waals surface area (Å²) in [6, 6.07) is 15.8. The minimum Gasteiger partial charge on any atom is -0.493 e. The van der Waals surface area contributed by atoms with Crippen molar-refractivity contribution in [2.75, 3.05) is 6.61 Å². The van der Waals surface area contributed by atoms with Crippen molar-refractivity contribution in [2.24, 2.45) is 5.73 Å². The van der Waals surface area contributed by atoms with Gasteiger partial charge in [-0.05, 0) is 24.3 Å². The average molecular weight is 267 g/mol. The van der Waals surface area contributed by atoms with Gasteiger partial charge in [-0.3, -0.25) is 0 Å². The first-order valence-corrected chi connectivity index (χ1v) is 6.71. The number of rotatable bonds is 5. The number of benzene rings is 1. The standard InChI is InChI=1S/C16H17N3O/c17-12-14-15-8-4-5-10-19(15)16(18-14)9-11-20-13-6-2-1-3-7-13/h1-8,10H,9,11-12,17H2. The largest absolute Gasteiger partial charge is 0.493 e. The van der Waals surface area contributed by atoms with Crippen LogP contribution in [0.5, 0.6) is 5.75 Å². The molecule has 1 aromatic carbocycles. The molecule has 0 spiro atoms. The van der Waals surface area contributed by atoms with Gasteiger partial charge in [0.25, 0.3) is 0 Å². The number of aromatic nitrogens is 2. The molecule has 0 radical (unpaired) electrons. The zero-order valence-electron chi connectivity index (χ0n) is 11.2. The van der Waals surface area contributed by atoms with Crippen LogP contribution in [0, 0.1) is 0 Å². The number of hydrogen-bond acceptors (Lipinski definition) is 3. The lowest BCUT2D eigenvalue weighted by Crippen LogP contribution is -2.05. The van der Waals surface area contributed by atoms with Crippen molar-refractivity contribution in [3.8, 4) is 5.75 Å². The summed E-state index contributed by atoms with van der Waals surface area (Å²) in [4.78, 5) is 4.60. The molecule has 0 saturated heterocycles. The van der Waals surface area contributed by atoms with Crippen molar-refractivity contribution in [1.82, 2.24) is 9.38 Å². The lowest BCUT2D eigenvalue weighted by molar-refractivity contribution is 0.318. The first kappa shape index (κ1) is 12.7. The fourth-order valence-corrected chi connectivity index (χ4v) is 2.27. The van der Waals surface area contributed by atoms with E-state index in [1.165, 1.54) is 0 Å². The highest BCUT2D eigenvalue weighted by Crippen LogP contribution is 2.14. The number of pyridine rings is 1. The molecule has 0 amide bonds. The lowest BCUT2D eigenvalue weighted by Gasteiger charge is -2.05. The Kier molecular flexibility index (Phi) is 3.65. The topological polar surface area (TPSA) is 52.5 Å². The van der Waals surface area contributed by atoms with E-state index in [1.807, 2.05) is 54.7 Å². The second-order valence-electron chi connectivity index (χ2n) is 4.55. The van der Waals surface area contributed by atoms with Crippen molar-refractivity contribution in [3.05, 3.63) is 66.2 Å². The van der Waals surface area contributed by atoms with Crippen LogP contribution in [-0.4, -0.2) is 16.0 Å². The van der Waals surface area contributed by atoms with E-state index in [9.17, 15) is 0 Å². The normalized spacial score (nSPS) is 10.8. The molecule has 0 fully saturated rings. The highest BCUT2D eigenvalue weighted by atomic mass is 16.5. The number of fused-ring (bicyclic) bond motifs is 1. The van der Waals surface area contributed by atoms with Gasteiger partial charge in [0.05, 0.1) is 17.8 Å². The molecule has 2 aromatic heterocycles. The van der Waals surface area contributed by atoms with E-state index in [-0.39, 0.29) is 0 Å². The summed E-state index contributed by atoms with van der Waals surface area (Å²) in [6.45, 7) is 1.05.